The number of nitrogens with zero attached hydrogens (tertiary/aromatic N) is 1. The average molecular weight is 614 g/mol. The summed E-state index contributed by atoms with van der Waals surface area (Å²) in [7, 11) is 1.20. The van der Waals surface area contributed by atoms with E-state index < -0.39 is 48.1 Å². The summed E-state index contributed by atoms with van der Waals surface area (Å²) in [6, 6.07) is 8.61. The number of carbonyl (C=O) groups excluding carboxylic acids is 4. The smallest absolute Gasteiger partial charge is 0.408 e. The van der Waals surface area contributed by atoms with Gasteiger partial charge in [-0.05, 0) is 57.4 Å². The maximum absolute atomic E-state index is 14.5. The fourth-order valence-electron chi connectivity index (χ4n) is 4.65. The number of carbonyl (C=O) groups is 4. The minimum absolute atomic E-state index is 0.0288. The average Bonchev–Trinajstić information content (AvgIpc) is 2.96. The maximum atomic E-state index is 14.5. The molecule has 2 aromatic carbocycles. The number of aryl methyl sites for hydroxylation is 1. The molecule has 0 bridgehead atoms. The second kappa shape index (κ2) is 17.1. The molecule has 0 saturated heterocycles. The van der Waals surface area contributed by atoms with Crippen LogP contribution in [0, 0.1) is 6.92 Å². The fraction of sp³-hybridized carbons (Fsp3) is 0.515. The summed E-state index contributed by atoms with van der Waals surface area (Å²) in [5.41, 5.74) is 0.482. The van der Waals surface area contributed by atoms with Crippen LogP contribution in [-0.4, -0.2) is 70.8 Å². The minimum atomic E-state index is -1.33. The first-order valence-corrected chi connectivity index (χ1v) is 15.0. The molecule has 0 aliphatic carbocycles. The molecule has 0 heterocycles. The highest BCUT2D eigenvalue weighted by Gasteiger charge is 2.37. The molecule has 0 aliphatic rings. The number of esters is 1. The van der Waals surface area contributed by atoms with E-state index in [1.54, 1.807) is 58.0 Å². The SMILES string of the molecule is CCCCCCCN(C(=O)C(Cc1ccc(O)cc1)NC(=O)OC(C)(C)C)C(C(=O)NCC(=O)OC)c1cccc(C)c1O. The summed E-state index contributed by atoms with van der Waals surface area (Å²) in [5, 5.41) is 26.0. The van der Waals surface area contributed by atoms with Crippen LogP contribution in [0.3, 0.4) is 0 Å². The number of para-hydroxylation sites is 1. The van der Waals surface area contributed by atoms with Gasteiger partial charge in [-0.3, -0.25) is 14.4 Å². The normalized spacial score (nSPS) is 12.5. The van der Waals surface area contributed by atoms with Gasteiger partial charge in [0.1, 0.15) is 35.7 Å². The van der Waals surface area contributed by atoms with Crippen molar-refractivity contribution in [3.8, 4) is 11.5 Å². The first-order chi connectivity index (χ1) is 20.8. The molecular weight excluding hydrogens is 566 g/mol. The second-order valence-electron chi connectivity index (χ2n) is 11.7. The third-order valence-electron chi connectivity index (χ3n) is 6.91. The number of unbranched alkanes of at least 4 members (excludes halogenated alkanes) is 4. The Labute approximate surface area is 259 Å². The Morgan fingerprint density at radius 3 is 2.23 bits per heavy atom. The predicted molar refractivity (Wildman–Crippen MR) is 166 cm³/mol. The van der Waals surface area contributed by atoms with Crippen molar-refractivity contribution in [2.45, 2.75) is 90.8 Å². The van der Waals surface area contributed by atoms with Crippen molar-refractivity contribution in [2.24, 2.45) is 0 Å². The summed E-state index contributed by atoms with van der Waals surface area (Å²) in [5.74, 6) is -2.08. The number of ether oxygens (including phenoxy) is 2. The van der Waals surface area contributed by atoms with Crippen LogP contribution < -0.4 is 10.6 Å². The maximum Gasteiger partial charge on any atom is 0.408 e. The Hall–Kier alpha value is -4.28. The number of hydrogen-bond donors (Lipinski definition) is 4. The Kier molecular flexibility index (Phi) is 14.0. The van der Waals surface area contributed by atoms with E-state index in [-0.39, 0.29) is 30.0 Å². The number of rotatable bonds is 15. The lowest BCUT2D eigenvalue weighted by molar-refractivity contribution is -0.144. The Bertz CT molecular complexity index is 1260. The van der Waals surface area contributed by atoms with Crippen molar-refractivity contribution in [2.75, 3.05) is 20.2 Å². The van der Waals surface area contributed by atoms with E-state index in [1.165, 1.54) is 24.1 Å². The standard InChI is InChI=1S/C33H47N3O8/c1-7-8-9-10-11-19-36(28(30(40)34-21-27(38)43-6)25-14-12-13-22(2)29(25)39)31(41)26(35-32(42)44-33(3,4)5)20-23-15-17-24(37)18-16-23/h12-18,26,28,37,39H,7-11,19-21H2,1-6H3,(H,34,40)(H,35,42). The lowest BCUT2D eigenvalue weighted by atomic mass is 9.97. The molecule has 2 unspecified atom stereocenters. The molecule has 0 saturated carbocycles. The number of phenolic OH excluding ortho intramolecular Hbond substituents is 2. The number of alkyl carbamates (subject to hydrolysis) is 1. The molecule has 0 aromatic heterocycles. The van der Waals surface area contributed by atoms with Crippen LogP contribution in [0.2, 0.25) is 0 Å². The number of methoxy groups -OCH3 is 1. The highest BCUT2D eigenvalue weighted by Crippen LogP contribution is 2.33. The van der Waals surface area contributed by atoms with Crippen molar-refractivity contribution in [1.82, 2.24) is 15.5 Å². The number of hydrogen-bond acceptors (Lipinski definition) is 8. The third-order valence-corrected chi connectivity index (χ3v) is 6.91. The van der Waals surface area contributed by atoms with Crippen molar-refractivity contribution in [3.05, 3.63) is 59.2 Å². The number of benzene rings is 2. The van der Waals surface area contributed by atoms with Gasteiger partial charge in [-0.1, -0.05) is 62.9 Å². The van der Waals surface area contributed by atoms with Gasteiger partial charge in [0.15, 0.2) is 0 Å². The van der Waals surface area contributed by atoms with E-state index in [1.807, 2.05) is 0 Å². The molecule has 0 spiro atoms. The van der Waals surface area contributed by atoms with Crippen LogP contribution in [0.4, 0.5) is 4.79 Å². The van der Waals surface area contributed by atoms with Crippen molar-refractivity contribution >= 4 is 23.9 Å². The topological polar surface area (TPSA) is 154 Å². The monoisotopic (exact) mass is 613 g/mol. The zero-order valence-electron chi connectivity index (χ0n) is 26.6. The summed E-state index contributed by atoms with van der Waals surface area (Å²) < 4.78 is 10.1. The fourth-order valence-corrected chi connectivity index (χ4v) is 4.65. The second-order valence-corrected chi connectivity index (χ2v) is 11.7. The first kappa shape index (κ1) is 35.9. The zero-order valence-corrected chi connectivity index (χ0v) is 26.6. The van der Waals surface area contributed by atoms with Crippen LogP contribution in [0.15, 0.2) is 42.5 Å². The van der Waals surface area contributed by atoms with Gasteiger partial charge >= 0.3 is 12.1 Å². The Morgan fingerprint density at radius 2 is 1.61 bits per heavy atom. The Morgan fingerprint density at radius 1 is 0.955 bits per heavy atom. The third kappa shape index (κ3) is 11.4. The van der Waals surface area contributed by atoms with Gasteiger partial charge in [0.05, 0.1) is 7.11 Å². The molecule has 242 valence electrons. The van der Waals surface area contributed by atoms with Gasteiger partial charge < -0.3 is 35.2 Å². The number of amides is 3. The van der Waals surface area contributed by atoms with Gasteiger partial charge in [0.25, 0.3) is 0 Å². The van der Waals surface area contributed by atoms with Crippen LogP contribution in [0.1, 0.15) is 82.5 Å². The molecule has 11 nitrogen and oxygen atoms in total. The summed E-state index contributed by atoms with van der Waals surface area (Å²) in [6.07, 6.45) is 3.52. The molecule has 0 aliphatic heterocycles. The highest BCUT2D eigenvalue weighted by molar-refractivity contribution is 5.93. The van der Waals surface area contributed by atoms with Gasteiger partial charge in [0, 0.05) is 18.5 Å². The first-order valence-electron chi connectivity index (χ1n) is 15.0. The van der Waals surface area contributed by atoms with Gasteiger partial charge in [0.2, 0.25) is 11.8 Å². The number of phenols is 2. The van der Waals surface area contributed by atoms with Crippen molar-refractivity contribution in [1.29, 1.82) is 0 Å². The van der Waals surface area contributed by atoms with E-state index in [9.17, 15) is 29.4 Å². The van der Waals surface area contributed by atoms with Gasteiger partial charge in [-0.2, -0.15) is 0 Å². The predicted octanol–water partition coefficient (Wildman–Crippen LogP) is 4.67. The Balaban J connectivity index is 2.61. The number of aromatic hydroxyl groups is 2. The minimum Gasteiger partial charge on any atom is -0.508 e. The molecule has 2 aromatic rings. The van der Waals surface area contributed by atoms with E-state index in [0.717, 1.165) is 25.7 Å². The largest absolute Gasteiger partial charge is 0.508 e. The molecule has 44 heavy (non-hydrogen) atoms. The number of nitrogens with one attached hydrogen (secondary N) is 2. The van der Waals surface area contributed by atoms with Gasteiger partial charge in [-0.15, -0.1) is 0 Å². The highest BCUT2D eigenvalue weighted by atomic mass is 16.6. The van der Waals surface area contributed by atoms with Crippen LogP contribution in [0.25, 0.3) is 0 Å². The van der Waals surface area contributed by atoms with Crippen LogP contribution >= 0.6 is 0 Å². The van der Waals surface area contributed by atoms with Crippen LogP contribution in [0.5, 0.6) is 11.5 Å². The summed E-state index contributed by atoms with van der Waals surface area (Å²) in [6.45, 7) is 8.57. The van der Waals surface area contributed by atoms with E-state index in [4.69, 9.17) is 4.74 Å². The lowest BCUT2D eigenvalue weighted by Gasteiger charge is -2.35. The molecule has 2 atom stereocenters. The van der Waals surface area contributed by atoms with Crippen LogP contribution in [-0.2, 0) is 30.3 Å². The molecule has 11 heteroatoms. The lowest BCUT2D eigenvalue weighted by Crippen LogP contribution is -2.54. The van der Waals surface area contributed by atoms with E-state index in [0.29, 0.717) is 17.5 Å². The molecule has 0 fully saturated rings. The molecule has 2 rings (SSSR count). The van der Waals surface area contributed by atoms with Crippen molar-refractivity contribution < 1.29 is 38.9 Å². The van der Waals surface area contributed by atoms with E-state index >= 15 is 0 Å². The summed E-state index contributed by atoms with van der Waals surface area (Å²) >= 11 is 0. The molecule has 3 amide bonds. The molecular formula is C33H47N3O8. The van der Waals surface area contributed by atoms with Crippen molar-refractivity contribution in [3.63, 3.8) is 0 Å². The summed E-state index contributed by atoms with van der Waals surface area (Å²) in [4.78, 5) is 54.5. The van der Waals surface area contributed by atoms with E-state index in [2.05, 4.69) is 22.3 Å². The molecule has 0 radical (unpaired) electrons. The molecule has 4 N–H and O–H groups in total. The quantitative estimate of drug-likeness (QED) is 0.167. The van der Waals surface area contributed by atoms with Gasteiger partial charge in [-0.25, -0.2) is 4.79 Å². The zero-order chi connectivity index (χ0) is 32.9.